The molecule has 21 heavy (non-hydrogen) atoms. The number of nitrogens with zero attached hydrogens (tertiary/aromatic N) is 1. The van der Waals surface area contributed by atoms with Crippen molar-refractivity contribution in [3.8, 4) is 0 Å². The second-order valence-corrected chi connectivity index (χ2v) is 5.26. The molecule has 1 aliphatic heterocycles. The van der Waals surface area contributed by atoms with E-state index in [0.717, 1.165) is 32.5 Å². The van der Waals surface area contributed by atoms with Crippen LogP contribution in [0.2, 0.25) is 0 Å². The normalized spacial score (nSPS) is 18.0. The maximum atomic E-state index is 12.5. The summed E-state index contributed by atoms with van der Waals surface area (Å²) < 4.78 is 0. The van der Waals surface area contributed by atoms with Crippen LogP contribution >= 0.6 is 12.4 Å². The lowest BCUT2D eigenvalue weighted by Gasteiger charge is -2.32. The van der Waals surface area contributed by atoms with Crippen LogP contribution < -0.4 is 11.1 Å². The molecular formula is C15H22ClN3O2. The van der Waals surface area contributed by atoms with Gasteiger partial charge in [-0.25, -0.2) is 0 Å². The molecule has 1 atom stereocenters. The standard InChI is InChI=1S/C15H21N3O2.ClH/c1-17-9-11-4-3-7-18(10-11)15(20)13-6-2-5-12(8-13)14(16)19;/h2,5-6,8,11,17H,3-4,7,9-10H2,1H3,(H2,16,19);1H. The monoisotopic (exact) mass is 311 g/mol. The Bertz CT molecular complexity index is 505. The van der Waals surface area contributed by atoms with E-state index in [-0.39, 0.29) is 18.3 Å². The third-order valence-corrected chi connectivity index (χ3v) is 3.69. The molecule has 1 heterocycles. The topological polar surface area (TPSA) is 75.4 Å². The lowest BCUT2D eigenvalue weighted by atomic mass is 9.97. The van der Waals surface area contributed by atoms with Crippen molar-refractivity contribution in [2.24, 2.45) is 11.7 Å². The average Bonchev–Trinajstić information content (AvgIpc) is 2.47. The minimum atomic E-state index is -0.508. The van der Waals surface area contributed by atoms with Gasteiger partial charge in [0, 0.05) is 24.2 Å². The predicted octanol–water partition coefficient (Wildman–Crippen LogP) is 1.28. The number of piperidine rings is 1. The van der Waals surface area contributed by atoms with E-state index in [1.54, 1.807) is 24.3 Å². The Kier molecular flexibility index (Phi) is 6.65. The Hall–Kier alpha value is -1.59. The molecule has 1 aromatic carbocycles. The average molecular weight is 312 g/mol. The molecule has 2 rings (SSSR count). The molecule has 1 saturated heterocycles. The van der Waals surface area contributed by atoms with Crippen LogP contribution in [0.3, 0.4) is 0 Å². The summed E-state index contributed by atoms with van der Waals surface area (Å²) in [4.78, 5) is 25.5. The van der Waals surface area contributed by atoms with E-state index in [9.17, 15) is 9.59 Å². The Morgan fingerprint density at radius 3 is 2.76 bits per heavy atom. The summed E-state index contributed by atoms with van der Waals surface area (Å²) in [7, 11) is 1.93. The van der Waals surface area contributed by atoms with Gasteiger partial charge >= 0.3 is 0 Å². The van der Waals surface area contributed by atoms with Gasteiger partial charge in [-0.05, 0) is 50.6 Å². The number of primary amides is 1. The van der Waals surface area contributed by atoms with Crippen molar-refractivity contribution >= 4 is 24.2 Å². The molecule has 3 N–H and O–H groups in total. The molecular weight excluding hydrogens is 290 g/mol. The zero-order chi connectivity index (χ0) is 14.5. The molecule has 0 saturated carbocycles. The number of likely N-dealkylation sites (tertiary alicyclic amines) is 1. The summed E-state index contributed by atoms with van der Waals surface area (Å²) in [5, 5.41) is 3.16. The minimum absolute atomic E-state index is 0. The molecule has 0 radical (unpaired) electrons. The molecule has 0 spiro atoms. The van der Waals surface area contributed by atoms with E-state index >= 15 is 0 Å². The zero-order valence-corrected chi connectivity index (χ0v) is 13.0. The summed E-state index contributed by atoms with van der Waals surface area (Å²) in [6.45, 7) is 2.46. The molecule has 1 unspecified atom stereocenters. The summed E-state index contributed by atoms with van der Waals surface area (Å²) >= 11 is 0. The largest absolute Gasteiger partial charge is 0.366 e. The highest BCUT2D eigenvalue weighted by Gasteiger charge is 2.24. The molecule has 0 aliphatic carbocycles. The van der Waals surface area contributed by atoms with Gasteiger partial charge in [-0.3, -0.25) is 9.59 Å². The van der Waals surface area contributed by atoms with Gasteiger partial charge in [-0.15, -0.1) is 12.4 Å². The van der Waals surface area contributed by atoms with E-state index < -0.39 is 5.91 Å². The Labute approximate surface area is 131 Å². The first-order valence-electron chi connectivity index (χ1n) is 6.95. The number of carbonyl (C=O) groups excluding carboxylic acids is 2. The fourth-order valence-electron chi connectivity index (χ4n) is 2.69. The highest BCUT2D eigenvalue weighted by molar-refractivity contribution is 5.99. The number of benzene rings is 1. The number of amides is 2. The maximum absolute atomic E-state index is 12.5. The number of nitrogens with two attached hydrogens (primary N) is 1. The number of nitrogens with one attached hydrogen (secondary N) is 1. The first-order valence-corrected chi connectivity index (χ1v) is 6.95. The van der Waals surface area contributed by atoms with Crippen LogP contribution in [-0.2, 0) is 0 Å². The van der Waals surface area contributed by atoms with Crippen molar-refractivity contribution in [1.82, 2.24) is 10.2 Å². The third kappa shape index (κ3) is 4.44. The fraction of sp³-hybridized carbons (Fsp3) is 0.467. The Morgan fingerprint density at radius 2 is 2.10 bits per heavy atom. The molecule has 116 valence electrons. The van der Waals surface area contributed by atoms with Crippen LogP contribution in [0.5, 0.6) is 0 Å². The van der Waals surface area contributed by atoms with Crippen LogP contribution in [0.15, 0.2) is 24.3 Å². The number of hydrogen-bond donors (Lipinski definition) is 2. The third-order valence-electron chi connectivity index (χ3n) is 3.69. The van der Waals surface area contributed by atoms with E-state index in [0.29, 0.717) is 17.0 Å². The van der Waals surface area contributed by atoms with Crippen LogP contribution in [0, 0.1) is 5.92 Å². The summed E-state index contributed by atoms with van der Waals surface area (Å²) in [5.41, 5.74) is 6.16. The SMILES string of the molecule is CNCC1CCCN(C(=O)c2cccc(C(N)=O)c2)C1.Cl. The van der Waals surface area contributed by atoms with Gasteiger partial charge in [0.2, 0.25) is 5.91 Å². The van der Waals surface area contributed by atoms with Gasteiger partial charge in [-0.2, -0.15) is 0 Å². The first-order chi connectivity index (χ1) is 9.61. The number of hydrogen-bond acceptors (Lipinski definition) is 3. The lowest BCUT2D eigenvalue weighted by Crippen LogP contribution is -2.42. The minimum Gasteiger partial charge on any atom is -0.366 e. The van der Waals surface area contributed by atoms with Crippen LogP contribution in [-0.4, -0.2) is 43.4 Å². The van der Waals surface area contributed by atoms with Gasteiger partial charge < -0.3 is 16.0 Å². The molecule has 1 aromatic rings. The lowest BCUT2D eigenvalue weighted by molar-refractivity contribution is 0.0674. The van der Waals surface area contributed by atoms with Gasteiger partial charge in [0.1, 0.15) is 0 Å². The van der Waals surface area contributed by atoms with E-state index in [4.69, 9.17) is 5.73 Å². The highest BCUT2D eigenvalue weighted by atomic mass is 35.5. The van der Waals surface area contributed by atoms with Crippen molar-refractivity contribution in [1.29, 1.82) is 0 Å². The smallest absolute Gasteiger partial charge is 0.253 e. The quantitative estimate of drug-likeness (QED) is 0.879. The van der Waals surface area contributed by atoms with Crippen LogP contribution in [0.4, 0.5) is 0 Å². The van der Waals surface area contributed by atoms with Gasteiger partial charge in [0.05, 0.1) is 0 Å². The highest BCUT2D eigenvalue weighted by Crippen LogP contribution is 2.18. The predicted molar refractivity (Wildman–Crippen MR) is 84.8 cm³/mol. The van der Waals surface area contributed by atoms with E-state index in [2.05, 4.69) is 5.32 Å². The Morgan fingerprint density at radius 1 is 1.38 bits per heavy atom. The zero-order valence-electron chi connectivity index (χ0n) is 12.2. The summed E-state index contributed by atoms with van der Waals surface area (Å²) in [5.74, 6) is -0.0303. The molecule has 5 nitrogen and oxygen atoms in total. The van der Waals surface area contributed by atoms with Gasteiger partial charge in [0.15, 0.2) is 0 Å². The molecule has 2 amide bonds. The van der Waals surface area contributed by atoms with Crippen molar-refractivity contribution in [2.45, 2.75) is 12.8 Å². The number of carbonyl (C=O) groups is 2. The number of rotatable bonds is 4. The molecule has 0 aromatic heterocycles. The maximum Gasteiger partial charge on any atom is 0.253 e. The Balaban J connectivity index is 0.00000220. The van der Waals surface area contributed by atoms with Crippen molar-refractivity contribution in [2.75, 3.05) is 26.7 Å². The van der Waals surface area contributed by atoms with Gasteiger partial charge in [0.25, 0.3) is 5.91 Å². The first kappa shape index (κ1) is 17.5. The van der Waals surface area contributed by atoms with Crippen molar-refractivity contribution in [3.63, 3.8) is 0 Å². The van der Waals surface area contributed by atoms with E-state index in [1.807, 2.05) is 11.9 Å². The fourth-order valence-corrected chi connectivity index (χ4v) is 2.69. The van der Waals surface area contributed by atoms with Crippen molar-refractivity contribution in [3.05, 3.63) is 35.4 Å². The summed E-state index contributed by atoms with van der Waals surface area (Å²) in [6.07, 6.45) is 2.17. The molecule has 0 bridgehead atoms. The molecule has 1 fully saturated rings. The summed E-state index contributed by atoms with van der Waals surface area (Å²) in [6, 6.07) is 6.63. The second kappa shape index (κ2) is 8.00. The van der Waals surface area contributed by atoms with Gasteiger partial charge in [-0.1, -0.05) is 6.07 Å². The second-order valence-electron chi connectivity index (χ2n) is 5.26. The number of halogens is 1. The molecule has 1 aliphatic rings. The van der Waals surface area contributed by atoms with E-state index in [1.165, 1.54) is 0 Å². The van der Waals surface area contributed by atoms with Crippen molar-refractivity contribution < 1.29 is 9.59 Å². The van der Waals surface area contributed by atoms with Crippen LogP contribution in [0.25, 0.3) is 0 Å². The molecule has 6 heteroatoms. The van der Waals surface area contributed by atoms with Crippen LogP contribution in [0.1, 0.15) is 33.6 Å².